The highest BCUT2D eigenvalue weighted by Crippen LogP contribution is 2.20. The molecule has 0 aliphatic heterocycles. The lowest BCUT2D eigenvalue weighted by molar-refractivity contribution is -0.142. The van der Waals surface area contributed by atoms with Gasteiger partial charge in [0, 0.05) is 0 Å². The lowest BCUT2D eigenvalue weighted by atomic mass is 10.4. The van der Waals surface area contributed by atoms with Crippen molar-refractivity contribution in [3.63, 3.8) is 0 Å². The van der Waals surface area contributed by atoms with Crippen LogP contribution in [0.4, 0.5) is 13.2 Å². The molecule has 1 heterocycles. The van der Waals surface area contributed by atoms with Crippen LogP contribution >= 0.6 is 0 Å². The average molecular weight is 240 g/mol. The molecule has 9 heteroatoms. The van der Waals surface area contributed by atoms with Gasteiger partial charge in [-0.15, -0.1) is 10.2 Å². The zero-order valence-corrected chi connectivity index (χ0v) is 7.82. The number of aliphatic carboxylic acids is 1. The molecule has 0 unspecified atom stereocenters. The average Bonchev–Trinajstić information content (AvgIpc) is 2.48. The molecule has 0 bridgehead atoms. The van der Waals surface area contributed by atoms with Crippen LogP contribution in [0.3, 0.4) is 0 Å². The molecule has 0 saturated heterocycles. The molecule has 90 valence electrons. The minimum absolute atomic E-state index is 0.194. The van der Waals surface area contributed by atoms with Crippen LogP contribution < -0.4 is 0 Å². The van der Waals surface area contributed by atoms with Gasteiger partial charge in [-0.2, -0.15) is 13.2 Å². The molecule has 0 atom stereocenters. The van der Waals surface area contributed by atoms with E-state index in [1.807, 2.05) is 0 Å². The topological polar surface area (TPSA) is 85.5 Å². The number of halogens is 3. The highest BCUT2D eigenvalue weighted by atomic mass is 19.4. The molecule has 1 aromatic rings. The Kier molecular flexibility index (Phi) is 3.82. The van der Waals surface area contributed by atoms with E-state index in [4.69, 9.17) is 5.11 Å². The third kappa shape index (κ3) is 4.73. The van der Waals surface area contributed by atoms with E-state index in [-0.39, 0.29) is 12.5 Å². The smallest absolute Gasteiger partial charge is 0.397 e. The quantitative estimate of drug-likeness (QED) is 0.818. The van der Waals surface area contributed by atoms with Gasteiger partial charge in [0.1, 0.15) is 19.6 Å². The fourth-order valence-electron chi connectivity index (χ4n) is 0.815. The molecule has 0 aliphatic rings. The maximum absolute atomic E-state index is 11.9. The van der Waals surface area contributed by atoms with Crippen LogP contribution in [0.25, 0.3) is 0 Å². The summed E-state index contributed by atoms with van der Waals surface area (Å²) in [5, 5.41) is 14.6. The van der Waals surface area contributed by atoms with Gasteiger partial charge in [0.05, 0.1) is 0 Å². The highest BCUT2D eigenvalue weighted by molar-refractivity contribution is 5.67. The zero-order chi connectivity index (χ0) is 12.2. The van der Waals surface area contributed by atoms with E-state index in [0.29, 0.717) is 0 Å². The van der Waals surface area contributed by atoms with Crippen LogP contribution in [-0.2, 0) is 22.6 Å². The van der Waals surface area contributed by atoms with Crippen molar-refractivity contribution in [3.8, 4) is 0 Å². The molecule has 0 saturated carbocycles. The van der Waals surface area contributed by atoms with Crippen LogP contribution in [0.15, 0.2) is 4.42 Å². The normalized spacial score (nSPS) is 11.7. The summed E-state index contributed by atoms with van der Waals surface area (Å²) in [5.74, 6) is -1.98. The van der Waals surface area contributed by atoms with Gasteiger partial charge in [-0.3, -0.25) is 0 Å². The van der Waals surface area contributed by atoms with Gasteiger partial charge in [0.15, 0.2) is 0 Å². The molecule has 16 heavy (non-hydrogen) atoms. The predicted molar refractivity (Wildman–Crippen MR) is 41.3 cm³/mol. The third-order valence-corrected chi connectivity index (χ3v) is 1.31. The van der Waals surface area contributed by atoms with Crippen LogP contribution in [0.2, 0.25) is 0 Å². The minimum atomic E-state index is -4.42. The summed E-state index contributed by atoms with van der Waals surface area (Å²) < 4.78 is 44.7. The second kappa shape index (κ2) is 4.92. The molecule has 0 fully saturated rings. The monoisotopic (exact) mass is 240 g/mol. The number of carbonyl (C=O) groups is 1. The Morgan fingerprint density at radius 3 is 2.56 bits per heavy atom. The third-order valence-electron chi connectivity index (χ3n) is 1.31. The first-order valence-electron chi connectivity index (χ1n) is 4.04. The van der Waals surface area contributed by atoms with E-state index in [1.54, 1.807) is 0 Å². The number of nitrogens with zero attached hydrogens (tertiary/aromatic N) is 2. The molecular weight excluding hydrogens is 233 g/mol. The van der Waals surface area contributed by atoms with E-state index < -0.39 is 31.1 Å². The van der Waals surface area contributed by atoms with Crippen LogP contribution in [0.5, 0.6) is 0 Å². The van der Waals surface area contributed by atoms with Crippen molar-refractivity contribution in [1.82, 2.24) is 10.2 Å². The van der Waals surface area contributed by atoms with Crippen LogP contribution in [0, 0.1) is 0 Å². The molecule has 1 rings (SSSR count). The molecule has 0 aliphatic carbocycles. The minimum Gasteiger partial charge on any atom is -0.480 e. The summed E-state index contributed by atoms with van der Waals surface area (Å²) in [6, 6.07) is 0. The number of alkyl halides is 3. The summed E-state index contributed by atoms with van der Waals surface area (Å²) >= 11 is 0. The maximum atomic E-state index is 11.9. The Hall–Kier alpha value is -1.64. The Labute approximate surface area is 87.0 Å². The highest BCUT2D eigenvalue weighted by Gasteiger charge is 2.30. The van der Waals surface area contributed by atoms with E-state index >= 15 is 0 Å². The number of rotatable bonds is 5. The Balaban J connectivity index is 2.42. The SMILES string of the molecule is O=C(O)COCc1nnc(CC(F)(F)F)o1. The number of carboxylic acid groups (broad SMARTS) is 1. The van der Waals surface area contributed by atoms with Crippen molar-refractivity contribution in [2.75, 3.05) is 6.61 Å². The molecule has 1 N–H and O–H groups in total. The molecule has 1 aromatic heterocycles. The van der Waals surface area contributed by atoms with Crippen molar-refractivity contribution in [2.45, 2.75) is 19.2 Å². The molecule has 0 aromatic carbocycles. The molecule has 0 radical (unpaired) electrons. The van der Waals surface area contributed by atoms with Crippen LogP contribution in [0.1, 0.15) is 11.8 Å². The summed E-state index contributed by atoms with van der Waals surface area (Å²) in [5.41, 5.74) is 0. The van der Waals surface area contributed by atoms with Gasteiger partial charge in [0.2, 0.25) is 11.8 Å². The summed E-state index contributed by atoms with van der Waals surface area (Å²) in [6.07, 6.45) is -5.75. The van der Waals surface area contributed by atoms with Crippen molar-refractivity contribution in [2.24, 2.45) is 0 Å². The molecule has 0 spiro atoms. The lowest BCUT2D eigenvalue weighted by Crippen LogP contribution is -2.11. The first-order valence-corrected chi connectivity index (χ1v) is 4.04. The number of carboxylic acids is 1. The maximum Gasteiger partial charge on any atom is 0.397 e. The zero-order valence-electron chi connectivity index (χ0n) is 7.82. The Morgan fingerprint density at radius 2 is 2.00 bits per heavy atom. The lowest BCUT2D eigenvalue weighted by Gasteiger charge is -2.00. The van der Waals surface area contributed by atoms with E-state index in [1.165, 1.54) is 0 Å². The van der Waals surface area contributed by atoms with Gasteiger partial charge in [0.25, 0.3) is 0 Å². The van der Waals surface area contributed by atoms with E-state index in [2.05, 4.69) is 19.4 Å². The summed E-state index contributed by atoms with van der Waals surface area (Å²) in [6.45, 7) is -0.922. The molecule has 0 amide bonds. The van der Waals surface area contributed by atoms with E-state index in [0.717, 1.165) is 0 Å². The van der Waals surface area contributed by atoms with Gasteiger partial charge >= 0.3 is 12.1 Å². The largest absolute Gasteiger partial charge is 0.480 e. The van der Waals surface area contributed by atoms with Gasteiger partial charge in [-0.25, -0.2) is 4.79 Å². The first kappa shape index (κ1) is 12.4. The fourth-order valence-corrected chi connectivity index (χ4v) is 0.815. The Bertz CT molecular complexity index is 363. The fraction of sp³-hybridized carbons (Fsp3) is 0.571. The van der Waals surface area contributed by atoms with Crippen molar-refractivity contribution < 1.29 is 32.2 Å². The first-order chi connectivity index (χ1) is 7.37. The standard InChI is InChI=1S/C7H7F3N2O4/c8-7(9,10)1-4-11-12-5(16-4)2-15-3-6(13)14/h1-3H2,(H,13,14). The number of hydrogen-bond donors (Lipinski definition) is 1. The summed E-state index contributed by atoms with van der Waals surface area (Å²) in [7, 11) is 0. The number of aromatic nitrogens is 2. The van der Waals surface area contributed by atoms with Gasteiger partial charge in [-0.05, 0) is 0 Å². The van der Waals surface area contributed by atoms with E-state index in [9.17, 15) is 18.0 Å². The Morgan fingerprint density at radius 1 is 1.38 bits per heavy atom. The van der Waals surface area contributed by atoms with Gasteiger partial charge in [-0.1, -0.05) is 0 Å². The molecular formula is C7H7F3N2O4. The predicted octanol–water partition coefficient (Wildman–Crippen LogP) is 0.776. The number of hydrogen-bond acceptors (Lipinski definition) is 5. The molecule has 6 nitrogen and oxygen atoms in total. The van der Waals surface area contributed by atoms with Gasteiger partial charge < -0.3 is 14.3 Å². The second-order valence-electron chi connectivity index (χ2n) is 2.77. The van der Waals surface area contributed by atoms with Crippen molar-refractivity contribution in [3.05, 3.63) is 11.8 Å². The second-order valence-corrected chi connectivity index (χ2v) is 2.77. The van der Waals surface area contributed by atoms with Crippen molar-refractivity contribution >= 4 is 5.97 Å². The summed E-state index contributed by atoms with van der Waals surface area (Å²) in [4.78, 5) is 10.0. The number of ether oxygens (including phenoxy) is 1. The van der Waals surface area contributed by atoms with Crippen molar-refractivity contribution in [1.29, 1.82) is 0 Å². The van der Waals surface area contributed by atoms with Crippen LogP contribution in [-0.4, -0.2) is 34.1 Å².